The second kappa shape index (κ2) is 6.78. The van der Waals surface area contributed by atoms with Crippen LogP contribution in [0, 0.1) is 35.0 Å². The van der Waals surface area contributed by atoms with E-state index in [1.54, 1.807) is 0 Å². The van der Waals surface area contributed by atoms with Crippen LogP contribution >= 0.6 is 0 Å². The van der Waals surface area contributed by atoms with Crippen LogP contribution in [0.25, 0.3) is 0 Å². The van der Waals surface area contributed by atoms with Gasteiger partial charge >= 0.3 is 0 Å². The van der Waals surface area contributed by atoms with Gasteiger partial charge in [-0.1, -0.05) is 34.1 Å². The van der Waals surface area contributed by atoms with E-state index in [2.05, 4.69) is 27.7 Å². The van der Waals surface area contributed by atoms with Crippen molar-refractivity contribution < 1.29 is 4.79 Å². The summed E-state index contributed by atoms with van der Waals surface area (Å²) in [6, 6.07) is 1.94. The summed E-state index contributed by atoms with van der Waals surface area (Å²) in [5, 5.41) is 8.50. The molecule has 2 aliphatic rings. The molecule has 1 saturated carbocycles. The number of hydrogen-bond donors (Lipinski definition) is 0. The summed E-state index contributed by atoms with van der Waals surface area (Å²) in [6.07, 6.45) is 2.55. The topological polar surface area (TPSA) is 44.1 Å². The minimum atomic E-state index is 0.0201. The lowest BCUT2D eigenvalue weighted by molar-refractivity contribution is -0.129. The molecule has 3 nitrogen and oxygen atoms in total. The van der Waals surface area contributed by atoms with Crippen molar-refractivity contribution in [3.8, 4) is 6.07 Å². The van der Waals surface area contributed by atoms with Crippen molar-refractivity contribution in [3.63, 3.8) is 0 Å². The first-order chi connectivity index (χ1) is 8.54. The molecule has 0 N–H and O–H groups in total. The maximum atomic E-state index is 11.6. The molecule has 4 atom stereocenters. The molecule has 0 bridgehead atoms. The van der Waals surface area contributed by atoms with Gasteiger partial charge in [-0.2, -0.15) is 5.26 Å². The third-order valence-electron chi connectivity index (χ3n) is 4.32. The second-order valence-electron chi connectivity index (χ2n) is 5.84. The van der Waals surface area contributed by atoms with Crippen molar-refractivity contribution >= 4 is 5.91 Å². The summed E-state index contributed by atoms with van der Waals surface area (Å²) in [6.45, 7) is 10.6. The van der Waals surface area contributed by atoms with Crippen molar-refractivity contribution in [2.24, 2.45) is 23.7 Å². The van der Waals surface area contributed by atoms with Gasteiger partial charge in [-0.3, -0.25) is 4.79 Å². The van der Waals surface area contributed by atoms with E-state index in [-0.39, 0.29) is 12.3 Å². The number of nitrogens with zero attached hydrogens (tertiary/aromatic N) is 2. The van der Waals surface area contributed by atoms with Crippen molar-refractivity contribution in [1.82, 2.24) is 4.90 Å². The first kappa shape index (κ1) is 15.0. The van der Waals surface area contributed by atoms with Gasteiger partial charge in [0.05, 0.1) is 6.07 Å². The Kier molecular flexibility index (Phi) is 5.65. The zero-order chi connectivity index (χ0) is 13.7. The number of amides is 1. The van der Waals surface area contributed by atoms with Gasteiger partial charge < -0.3 is 4.90 Å². The maximum absolute atomic E-state index is 11.6. The largest absolute Gasteiger partial charge is 0.341 e. The minimum absolute atomic E-state index is 0.0201. The number of carbonyl (C=O) groups excluding carboxylic acids is 1. The van der Waals surface area contributed by atoms with Crippen molar-refractivity contribution in [1.29, 1.82) is 5.26 Å². The number of carbonyl (C=O) groups is 1. The highest BCUT2D eigenvalue weighted by molar-refractivity contribution is 5.78. The van der Waals surface area contributed by atoms with Gasteiger partial charge in [0.1, 0.15) is 6.42 Å². The van der Waals surface area contributed by atoms with Gasteiger partial charge in [0.15, 0.2) is 0 Å². The Balaban J connectivity index is 0.000000492. The van der Waals surface area contributed by atoms with Gasteiger partial charge in [-0.05, 0) is 30.1 Å². The predicted octanol–water partition coefficient (Wildman–Crippen LogP) is 3.07. The molecule has 1 saturated heterocycles. The van der Waals surface area contributed by atoms with E-state index in [0.29, 0.717) is 11.8 Å². The quantitative estimate of drug-likeness (QED) is 0.718. The Morgan fingerprint density at radius 3 is 2.44 bits per heavy atom. The molecule has 0 aromatic heterocycles. The lowest BCUT2D eigenvalue weighted by atomic mass is 9.91. The van der Waals surface area contributed by atoms with Crippen LogP contribution in [0.2, 0.25) is 0 Å². The lowest BCUT2D eigenvalue weighted by Gasteiger charge is -2.20. The van der Waals surface area contributed by atoms with E-state index < -0.39 is 0 Å². The van der Waals surface area contributed by atoms with Gasteiger partial charge in [-0.25, -0.2) is 0 Å². The minimum Gasteiger partial charge on any atom is -0.341 e. The fourth-order valence-electron chi connectivity index (χ4n) is 3.24. The van der Waals surface area contributed by atoms with Crippen molar-refractivity contribution in [2.45, 2.75) is 47.0 Å². The van der Waals surface area contributed by atoms with Crippen LogP contribution in [0.5, 0.6) is 0 Å². The average Bonchev–Trinajstić information content (AvgIpc) is 2.82. The van der Waals surface area contributed by atoms with Crippen LogP contribution in [-0.4, -0.2) is 23.9 Å². The Morgan fingerprint density at radius 1 is 1.33 bits per heavy atom. The number of likely N-dealkylation sites (tertiary alicyclic amines) is 1. The SMILES string of the molecule is CC1CC2CN(C(=O)CC#N)CC2C1C.CCC. The van der Waals surface area contributed by atoms with Crippen molar-refractivity contribution in [2.75, 3.05) is 13.1 Å². The van der Waals surface area contributed by atoms with E-state index in [0.717, 1.165) is 24.9 Å². The maximum Gasteiger partial charge on any atom is 0.236 e. The van der Waals surface area contributed by atoms with E-state index in [1.807, 2.05) is 11.0 Å². The molecule has 1 aliphatic carbocycles. The number of rotatable bonds is 1. The van der Waals surface area contributed by atoms with Crippen LogP contribution in [0.3, 0.4) is 0 Å². The third-order valence-corrected chi connectivity index (χ3v) is 4.32. The van der Waals surface area contributed by atoms with Gasteiger partial charge in [-0.15, -0.1) is 0 Å². The van der Waals surface area contributed by atoms with Crippen LogP contribution in [0.4, 0.5) is 0 Å². The van der Waals surface area contributed by atoms with E-state index >= 15 is 0 Å². The molecule has 0 aromatic rings. The lowest BCUT2D eigenvalue weighted by Crippen LogP contribution is -2.30. The molecule has 3 heteroatoms. The summed E-state index contributed by atoms with van der Waals surface area (Å²) in [5.41, 5.74) is 0. The Labute approximate surface area is 111 Å². The second-order valence-corrected chi connectivity index (χ2v) is 5.84. The monoisotopic (exact) mass is 250 g/mol. The van der Waals surface area contributed by atoms with E-state index in [9.17, 15) is 4.79 Å². The molecule has 0 radical (unpaired) electrons. The average molecular weight is 250 g/mol. The number of fused-ring (bicyclic) bond motifs is 1. The van der Waals surface area contributed by atoms with Gasteiger partial charge in [0, 0.05) is 13.1 Å². The van der Waals surface area contributed by atoms with Crippen molar-refractivity contribution in [3.05, 3.63) is 0 Å². The van der Waals surface area contributed by atoms with Crippen LogP contribution in [-0.2, 0) is 4.79 Å². The third kappa shape index (κ3) is 3.25. The van der Waals surface area contributed by atoms with E-state index in [1.165, 1.54) is 12.8 Å². The highest BCUT2D eigenvalue weighted by atomic mass is 16.2. The van der Waals surface area contributed by atoms with Crippen LogP contribution in [0.1, 0.15) is 47.0 Å². The summed E-state index contributed by atoms with van der Waals surface area (Å²) >= 11 is 0. The summed E-state index contributed by atoms with van der Waals surface area (Å²) in [5.74, 6) is 2.93. The summed E-state index contributed by atoms with van der Waals surface area (Å²) < 4.78 is 0. The Bertz CT molecular complexity index is 321. The van der Waals surface area contributed by atoms with Gasteiger partial charge in [0.2, 0.25) is 5.91 Å². The molecule has 0 spiro atoms. The number of nitriles is 1. The fourth-order valence-corrected chi connectivity index (χ4v) is 3.24. The molecule has 102 valence electrons. The highest BCUT2D eigenvalue weighted by Gasteiger charge is 2.45. The molecule has 1 amide bonds. The first-order valence-corrected chi connectivity index (χ1v) is 7.19. The van der Waals surface area contributed by atoms with Crippen LogP contribution < -0.4 is 0 Å². The van der Waals surface area contributed by atoms with Crippen LogP contribution in [0.15, 0.2) is 0 Å². The Morgan fingerprint density at radius 2 is 1.94 bits per heavy atom. The number of hydrogen-bond acceptors (Lipinski definition) is 2. The summed E-state index contributed by atoms with van der Waals surface area (Å²) in [7, 11) is 0. The molecule has 2 fully saturated rings. The smallest absolute Gasteiger partial charge is 0.236 e. The highest BCUT2D eigenvalue weighted by Crippen LogP contribution is 2.45. The first-order valence-electron chi connectivity index (χ1n) is 7.19. The molecule has 0 aromatic carbocycles. The molecule has 1 heterocycles. The molecule has 1 aliphatic heterocycles. The molecular weight excluding hydrogens is 224 g/mol. The molecular formula is C15H26N2O. The zero-order valence-corrected chi connectivity index (χ0v) is 12.1. The Hall–Kier alpha value is -1.04. The molecule has 18 heavy (non-hydrogen) atoms. The molecule has 4 unspecified atom stereocenters. The molecule has 2 rings (SSSR count). The predicted molar refractivity (Wildman–Crippen MR) is 72.7 cm³/mol. The van der Waals surface area contributed by atoms with E-state index in [4.69, 9.17) is 5.26 Å². The van der Waals surface area contributed by atoms with Gasteiger partial charge in [0.25, 0.3) is 0 Å². The zero-order valence-electron chi connectivity index (χ0n) is 12.1. The fraction of sp³-hybridized carbons (Fsp3) is 0.867. The standard InChI is InChI=1S/C12H18N2O.C3H8/c1-8-5-10-6-14(12(15)3-4-13)7-11(10)9(8)2;1-3-2/h8-11H,3,5-7H2,1-2H3;3H2,1-2H3. The normalized spacial score (nSPS) is 33.4. The summed E-state index contributed by atoms with van der Waals surface area (Å²) in [4.78, 5) is 13.5.